The summed E-state index contributed by atoms with van der Waals surface area (Å²) in [7, 11) is 1.57. The predicted molar refractivity (Wildman–Crippen MR) is 78.4 cm³/mol. The molecule has 1 aromatic carbocycles. The average Bonchev–Trinajstić information content (AvgIpc) is 2.94. The highest BCUT2D eigenvalue weighted by Gasteiger charge is 2.22. The number of carboxylic acid groups (broad SMARTS) is 1. The smallest absolute Gasteiger partial charge is 0.360 e. The van der Waals surface area contributed by atoms with Gasteiger partial charge in [-0.1, -0.05) is 6.07 Å². The van der Waals surface area contributed by atoms with Crippen molar-refractivity contribution in [3.8, 4) is 11.4 Å². The largest absolute Gasteiger partial charge is 0.497 e. The quantitative estimate of drug-likeness (QED) is 0.874. The number of ether oxygens (including phenoxy) is 1. The molecule has 0 aliphatic carbocycles. The van der Waals surface area contributed by atoms with Crippen LogP contribution in [-0.2, 0) is 0 Å². The van der Waals surface area contributed by atoms with Gasteiger partial charge in [-0.3, -0.25) is 0 Å². The maximum absolute atomic E-state index is 11.4. The highest BCUT2D eigenvalue weighted by atomic mass is 16.5. The molecule has 0 radical (unpaired) electrons. The van der Waals surface area contributed by atoms with Crippen LogP contribution in [0.3, 0.4) is 0 Å². The second-order valence-corrected chi connectivity index (χ2v) is 4.34. The van der Waals surface area contributed by atoms with Gasteiger partial charge in [0.2, 0.25) is 5.69 Å². The van der Waals surface area contributed by atoms with E-state index in [1.807, 2.05) is 18.7 Å². The zero-order valence-corrected chi connectivity index (χ0v) is 12.3. The van der Waals surface area contributed by atoms with Crippen LogP contribution in [-0.4, -0.2) is 46.3 Å². The molecule has 0 aliphatic rings. The molecule has 2 aromatic rings. The Morgan fingerprint density at radius 3 is 2.62 bits per heavy atom. The Kier molecular flexibility index (Phi) is 4.42. The summed E-state index contributed by atoms with van der Waals surface area (Å²) in [6.07, 6.45) is 0. The van der Waals surface area contributed by atoms with Crippen LogP contribution in [0, 0.1) is 0 Å². The van der Waals surface area contributed by atoms with Crippen molar-refractivity contribution in [2.75, 3.05) is 25.1 Å². The Balaban J connectivity index is 2.50. The maximum Gasteiger partial charge on any atom is 0.360 e. The van der Waals surface area contributed by atoms with Crippen molar-refractivity contribution in [3.05, 3.63) is 30.0 Å². The molecule has 0 spiro atoms. The van der Waals surface area contributed by atoms with E-state index in [0.717, 1.165) is 0 Å². The van der Waals surface area contributed by atoms with E-state index in [1.165, 1.54) is 4.80 Å². The molecule has 2 rings (SSSR count). The summed E-state index contributed by atoms with van der Waals surface area (Å²) in [6.45, 7) is 5.21. The van der Waals surface area contributed by atoms with Gasteiger partial charge in [-0.25, -0.2) is 4.79 Å². The molecule has 0 fully saturated rings. The molecule has 0 saturated carbocycles. The van der Waals surface area contributed by atoms with Crippen LogP contribution in [0.5, 0.6) is 5.75 Å². The fraction of sp³-hybridized carbons (Fsp3) is 0.357. The molecule has 7 nitrogen and oxygen atoms in total. The van der Waals surface area contributed by atoms with E-state index < -0.39 is 5.97 Å². The summed E-state index contributed by atoms with van der Waals surface area (Å²) < 4.78 is 5.15. The Morgan fingerprint density at radius 1 is 1.33 bits per heavy atom. The lowest BCUT2D eigenvalue weighted by atomic mass is 10.3. The molecule has 0 amide bonds. The number of carbonyl (C=O) groups is 1. The van der Waals surface area contributed by atoms with Crippen LogP contribution >= 0.6 is 0 Å². The third-order valence-electron chi connectivity index (χ3n) is 3.15. The molecule has 0 saturated heterocycles. The lowest BCUT2D eigenvalue weighted by Gasteiger charge is -2.17. The number of hydrogen-bond acceptors (Lipinski definition) is 5. The van der Waals surface area contributed by atoms with Gasteiger partial charge in [0.1, 0.15) is 5.75 Å². The van der Waals surface area contributed by atoms with Crippen LogP contribution in [0.15, 0.2) is 24.3 Å². The first-order chi connectivity index (χ1) is 10.1. The normalized spacial score (nSPS) is 10.4. The van der Waals surface area contributed by atoms with E-state index >= 15 is 0 Å². The molecule has 112 valence electrons. The molecule has 0 bridgehead atoms. The third kappa shape index (κ3) is 2.96. The van der Waals surface area contributed by atoms with E-state index in [9.17, 15) is 9.90 Å². The molecule has 0 unspecified atom stereocenters. The zero-order valence-electron chi connectivity index (χ0n) is 12.3. The summed E-state index contributed by atoms with van der Waals surface area (Å²) in [5, 5.41) is 17.7. The van der Waals surface area contributed by atoms with Crippen molar-refractivity contribution in [2.45, 2.75) is 13.8 Å². The minimum atomic E-state index is -1.09. The lowest BCUT2D eigenvalue weighted by Crippen LogP contribution is -2.24. The third-order valence-corrected chi connectivity index (χ3v) is 3.15. The first-order valence-electron chi connectivity index (χ1n) is 6.70. The summed E-state index contributed by atoms with van der Waals surface area (Å²) in [5.74, 6) is -0.0626. The van der Waals surface area contributed by atoms with Gasteiger partial charge in [-0.15, -0.1) is 15.0 Å². The number of anilines is 1. The minimum Gasteiger partial charge on any atom is -0.497 e. The second kappa shape index (κ2) is 6.25. The van der Waals surface area contributed by atoms with E-state index in [0.29, 0.717) is 30.3 Å². The maximum atomic E-state index is 11.4. The van der Waals surface area contributed by atoms with Crippen LogP contribution in [0.25, 0.3) is 5.69 Å². The van der Waals surface area contributed by atoms with E-state index in [2.05, 4.69) is 10.2 Å². The van der Waals surface area contributed by atoms with E-state index in [-0.39, 0.29) is 5.69 Å². The van der Waals surface area contributed by atoms with Gasteiger partial charge in [0.15, 0.2) is 5.82 Å². The second-order valence-electron chi connectivity index (χ2n) is 4.34. The first-order valence-corrected chi connectivity index (χ1v) is 6.70. The summed E-state index contributed by atoms with van der Waals surface area (Å²) in [6, 6.07) is 7.14. The van der Waals surface area contributed by atoms with Gasteiger partial charge in [0.25, 0.3) is 0 Å². The van der Waals surface area contributed by atoms with Crippen LogP contribution < -0.4 is 9.64 Å². The first kappa shape index (κ1) is 14.8. The van der Waals surface area contributed by atoms with Crippen LogP contribution in [0.1, 0.15) is 24.3 Å². The Labute approximate surface area is 122 Å². The SMILES string of the molecule is CCN(CC)c1nn(-c2cccc(OC)c2)nc1C(=O)O. The summed E-state index contributed by atoms with van der Waals surface area (Å²) in [5.41, 5.74) is 0.594. The number of rotatable bonds is 6. The molecule has 0 atom stereocenters. The summed E-state index contributed by atoms with van der Waals surface area (Å²) in [4.78, 5) is 14.5. The highest BCUT2D eigenvalue weighted by molar-refractivity contribution is 5.91. The standard InChI is InChI=1S/C14H18N4O3/c1-4-17(5-2)13-12(14(19)20)15-18(16-13)10-7-6-8-11(9-10)21-3/h6-9H,4-5H2,1-3H3,(H,19,20). The van der Waals surface area contributed by atoms with E-state index in [1.54, 1.807) is 31.4 Å². The van der Waals surface area contributed by atoms with Crippen LogP contribution in [0.4, 0.5) is 5.82 Å². The molecule has 21 heavy (non-hydrogen) atoms. The van der Waals surface area contributed by atoms with Crippen molar-refractivity contribution in [3.63, 3.8) is 0 Å². The van der Waals surface area contributed by atoms with Crippen molar-refractivity contribution in [2.24, 2.45) is 0 Å². The van der Waals surface area contributed by atoms with Crippen LogP contribution in [0.2, 0.25) is 0 Å². The van der Waals surface area contributed by atoms with Crippen molar-refractivity contribution >= 4 is 11.8 Å². The number of benzene rings is 1. The van der Waals surface area contributed by atoms with Gasteiger partial charge in [0.05, 0.1) is 12.8 Å². The number of hydrogen-bond donors (Lipinski definition) is 1. The highest BCUT2D eigenvalue weighted by Crippen LogP contribution is 2.20. The Bertz CT molecular complexity index is 635. The average molecular weight is 290 g/mol. The number of carboxylic acids is 1. The Morgan fingerprint density at radius 2 is 2.05 bits per heavy atom. The molecule has 0 aliphatic heterocycles. The number of methoxy groups -OCH3 is 1. The van der Waals surface area contributed by atoms with Crippen molar-refractivity contribution in [1.29, 1.82) is 0 Å². The monoisotopic (exact) mass is 290 g/mol. The van der Waals surface area contributed by atoms with Gasteiger partial charge >= 0.3 is 5.97 Å². The fourth-order valence-electron chi connectivity index (χ4n) is 2.02. The zero-order chi connectivity index (χ0) is 15.4. The van der Waals surface area contributed by atoms with Gasteiger partial charge in [-0.05, 0) is 26.0 Å². The van der Waals surface area contributed by atoms with E-state index in [4.69, 9.17) is 4.74 Å². The van der Waals surface area contributed by atoms with Crippen molar-refractivity contribution in [1.82, 2.24) is 15.0 Å². The summed E-state index contributed by atoms with van der Waals surface area (Å²) >= 11 is 0. The topological polar surface area (TPSA) is 80.5 Å². The predicted octanol–water partition coefficient (Wildman–Crippen LogP) is 1.82. The Hall–Kier alpha value is -2.57. The number of aromatic nitrogens is 3. The molecule has 1 aromatic heterocycles. The fourth-order valence-corrected chi connectivity index (χ4v) is 2.02. The number of nitrogens with zero attached hydrogens (tertiary/aromatic N) is 4. The van der Waals surface area contributed by atoms with Gasteiger partial charge < -0.3 is 14.7 Å². The number of aromatic carboxylic acids is 1. The molecular weight excluding hydrogens is 272 g/mol. The van der Waals surface area contributed by atoms with Crippen molar-refractivity contribution < 1.29 is 14.6 Å². The molecular formula is C14H18N4O3. The minimum absolute atomic E-state index is 0.0541. The molecule has 1 N–H and O–H groups in total. The van der Waals surface area contributed by atoms with Gasteiger partial charge in [0, 0.05) is 19.2 Å². The van der Waals surface area contributed by atoms with Gasteiger partial charge in [-0.2, -0.15) is 0 Å². The lowest BCUT2D eigenvalue weighted by molar-refractivity contribution is 0.0690. The molecule has 7 heteroatoms. The molecule has 1 heterocycles.